The predicted octanol–water partition coefficient (Wildman–Crippen LogP) is 5.82. The van der Waals surface area contributed by atoms with Gasteiger partial charge >= 0.3 is 0 Å². The fourth-order valence-electron chi connectivity index (χ4n) is 2.77. The molecule has 2 aromatic carbocycles. The van der Waals surface area contributed by atoms with Gasteiger partial charge in [-0.3, -0.25) is 0 Å². The van der Waals surface area contributed by atoms with Crippen molar-refractivity contribution in [3.63, 3.8) is 0 Å². The Morgan fingerprint density at radius 1 is 1.09 bits per heavy atom. The molecule has 0 aliphatic carbocycles. The van der Waals surface area contributed by atoms with Crippen LogP contribution in [0.5, 0.6) is 0 Å². The summed E-state index contributed by atoms with van der Waals surface area (Å²) < 4.78 is 1.02. The van der Waals surface area contributed by atoms with Crippen LogP contribution in [0.2, 0.25) is 5.02 Å². The zero-order chi connectivity index (χ0) is 16.1. The molecule has 120 valence electrons. The minimum Gasteiger partial charge on any atom is -0.316 e. The number of nitrogens with one attached hydrogen (secondary N) is 1. The molecular formula is C20H21BrClN. The first-order valence-electron chi connectivity index (χ1n) is 8.13. The van der Waals surface area contributed by atoms with E-state index in [1.54, 1.807) is 0 Å². The summed E-state index contributed by atoms with van der Waals surface area (Å²) in [6.07, 6.45) is 8.07. The van der Waals surface area contributed by atoms with Crippen LogP contribution in [0.3, 0.4) is 0 Å². The minimum absolute atomic E-state index is 0.746. The first kappa shape index (κ1) is 16.8. The van der Waals surface area contributed by atoms with Crippen LogP contribution in [0, 0.1) is 5.92 Å². The van der Waals surface area contributed by atoms with Gasteiger partial charge < -0.3 is 5.32 Å². The molecule has 1 saturated heterocycles. The summed E-state index contributed by atoms with van der Waals surface area (Å²) in [5.74, 6) is 0.912. The Bertz CT molecular complexity index is 675. The average Bonchev–Trinajstić information content (AvgIpc) is 2.50. The van der Waals surface area contributed by atoms with E-state index >= 15 is 0 Å². The summed E-state index contributed by atoms with van der Waals surface area (Å²) in [6, 6.07) is 14.7. The number of halogens is 2. The molecule has 1 aliphatic heterocycles. The summed E-state index contributed by atoms with van der Waals surface area (Å²) in [7, 11) is 0. The summed E-state index contributed by atoms with van der Waals surface area (Å²) in [6.45, 7) is 2.42. The second kappa shape index (κ2) is 8.14. The smallest absolute Gasteiger partial charge is 0.0417 e. The van der Waals surface area contributed by atoms with E-state index in [2.05, 4.69) is 57.7 Å². The summed E-state index contributed by atoms with van der Waals surface area (Å²) in [5.41, 5.74) is 3.79. The Kier molecular flexibility index (Phi) is 5.93. The highest BCUT2D eigenvalue weighted by Crippen LogP contribution is 2.23. The topological polar surface area (TPSA) is 12.0 Å². The van der Waals surface area contributed by atoms with E-state index in [4.69, 9.17) is 11.6 Å². The molecule has 0 bridgehead atoms. The lowest BCUT2D eigenvalue weighted by Gasteiger charge is -2.26. The van der Waals surface area contributed by atoms with Crippen molar-refractivity contribution in [2.45, 2.75) is 19.3 Å². The van der Waals surface area contributed by atoms with Crippen LogP contribution in [0.1, 0.15) is 29.5 Å². The fraction of sp³-hybridized carbons (Fsp3) is 0.300. The maximum absolute atomic E-state index is 5.97. The van der Waals surface area contributed by atoms with Gasteiger partial charge in [-0.15, -0.1) is 0 Å². The quantitative estimate of drug-likeness (QED) is 0.613. The molecule has 0 unspecified atom stereocenters. The van der Waals surface area contributed by atoms with Crippen LogP contribution >= 0.6 is 27.5 Å². The van der Waals surface area contributed by atoms with Crippen molar-refractivity contribution < 1.29 is 0 Å². The molecule has 1 N–H and O–H groups in total. The van der Waals surface area contributed by atoms with Crippen LogP contribution in [-0.2, 0) is 6.42 Å². The van der Waals surface area contributed by atoms with Gasteiger partial charge in [-0.2, -0.15) is 0 Å². The number of rotatable bonds is 6. The Hall–Kier alpha value is -1.09. The third-order valence-electron chi connectivity index (χ3n) is 4.34. The SMILES string of the molecule is Clc1ccc(/C=C/c2ccc(CCCC3CNC3)cc2)c(Br)c1. The van der Waals surface area contributed by atoms with Crippen LogP contribution < -0.4 is 5.32 Å². The number of benzene rings is 2. The molecule has 0 atom stereocenters. The highest BCUT2D eigenvalue weighted by atomic mass is 79.9. The van der Waals surface area contributed by atoms with Crippen LogP contribution in [-0.4, -0.2) is 13.1 Å². The summed E-state index contributed by atoms with van der Waals surface area (Å²) in [5, 5.41) is 4.08. The van der Waals surface area contributed by atoms with Gasteiger partial charge in [0.1, 0.15) is 0 Å². The van der Waals surface area contributed by atoms with Gasteiger partial charge in [-0.05, 0) is 67.1 Å². The largest absolute Gasteiger partial charge is 0.316 e. The van der Waals surface area contributed by atoms with Crippen molar-refractivity contribution in [2.75, 3.05) is 13.1 Å². The van der Waals surface area contributed by atoms with Crippen molar-refractivity contribution in [1.82, 2.24) is 5.32 Å². The molecule has 1 nitrogen and oxygen atoms in total. The zero-order valence-electron chi connectivity index (χ0n) is 13.1. The lowest BCUT2D eigenvalue weighted by atomic mass is 9.95. The molecule has 0 amide bonds. The Morgan fingerprint density at radius 2 is 1.87 bits per heavy atom. The van der Waals surface area contributed by atoms with Crippen molar-refractivity contribution >= 4 is 39.7 Å². The lowest BCUT2D eigenvalue weighted by molar-refractivity contribution is 0.321. The molecule has 1 aliphatic rings. The van der Waals surface area contributed by atoms with E-state index in [1.165, 1.54) is 43.5 Å². The maximum Gasteiger partial charge on any atom is 0.0417 e. The first-order chi connectivity index (χ1) is 11.2. The maximum atomic E-state index is 5.97. The number of aryl methyl sites for hydroxylation is 1. The van der Waals surface area contributed by atoms with E-state index in [0.29, 0.717) is 0 Å². The van der Waals surface area contributed by atoms with E-state index in [1.807, 2.05) is 18.2 Å². The van der Waals surface area contributed by atoms with E-state index in [-0.39, 0.29) is 0 Å². The molecule has 3 rings (SSSR count). The van der Waals surface area contributed by atoms with Gasteiger partial charge in [0.05, 0.1) is 0 Å². The second-order valence-corrected chi connectivity index (χ2v) is 7.45. The van der Waals surface area contributed by atoms with Gasteiger partial charge in [-0.25, -0.2) is 0 Å². The first-order valence-corrected chi connectivity index (χ1v) is 9.30. The molecule has 2 aromatic rings. The van der Waals surface area contributed by atoms with Crippen molar-refractivity contribution in [3.8, 4) is 0 Å². The zero-order valence-corrected chi connectivity index (χ0v) is 15.4. The highest BCUT2D eigenvalue weighted by molar-refractivity contribution is 9.10. The molecular weight excluding hydrogens is 370 g/mol. The number of hydrogen-bond acceptors (Lipinski definition) is 1. The fourth-order valence-corrected chi connectivity index (χ4v) is 3.58. The third kappa shape index (κ3) is 4.94. The summed E-state index contributed by atoms with van der Waals surface area (Å²) in [4.78, 5) is 0. The molecule has 0 saturated carbocycles. The van der Waals surface area contributed by atoms with E-state index < -0.39 is 0 Å². The van der Waals surface area contributed by atoms with Gasteiger partial charge in [0.15, 0.2) is 0 Å². The second-order valence-electron chi connectivity index (χ2n) is 6.16. The van der Waals surface area contributed by atoms with Crippen LogP contribution in [0.25, 0.3) is 12.2 Å². The van der Waals surface area contributed by atoms with Crippen molar-refractivity contribution in [3.05, 3.63) is 68.7 Å². The Morgan fingerprint density at radius 3 is 2.52 bits per heavy atom. The van der Waals surface area contributed by atoms with Gasteiger partial charge in [-0.1, -0.05) is 70.0 Å². The molecule has 1 heterocycles. The van der Waals surface area contributed by atoms with Crippen molar-refractivity contribution in [1.29, 1.82) is 0 Å². The van der Waals surface area contributed by atoms with E-state index in [0.717, 1.165) is 21.0 Å². The molecule has 3 heteroatoms. The molecule has 0 aromatic heterocycles. The molecule has 0 spiro atoms. The Labute approximate surface area is 151 Å². The van der Waals surface area contributed by atoms with Crippen molar-refractivity contribution in [2.24, 2.45) is 5.92 Å². The third-order valence-corrected chi connectivity index (χ3v) is 5.26. The van der Waals surface area contributed by atoms with Crippen LogP contribution in [0.15, 0.2) is 46.9 Å². The minimum atomic E-state index is 0.746. The van der Waals surface area contributed by atoms with Gasteiger partial charge in [0.25, 0.3) is 0 Å². The van der Waals surface area contributed by atoms with Crippen LogP contribution in [0.4, 0.5) is 0 Å². The normalized spacial score (nSPS) is 15.0. The predicted molar refractivity (Wildman–Crippen MR) is 104 cm³/mol. The highest BCUT2D eigenvalue weighted by Gasteiger charge is 2.15. The molecule has 23 heavy (non-hydrogen) atoms. The van der Waals surface area contributed by atoms with E-state index in [9.17, 15) is 0 Å². The number of hydrogen-bond donors (Lipinski definition) is 1. The van der Waals surface area contributed by atoms with Gasteiger partial charge in [0.2, 0.25) is 0 Å². The summed E-state index contributed by atoms with van der Waals surface area (Å²) >= 11 is 9.51. The standard InChI is InChI=1S/C20H21BrClN/c21-20-12-19(22)11-10-18(20)9-8-16-6-4-15(5-7-16)2-1-3-17-13-23-14-17/h4-12,17,23H,1-3,13-14H2/b9-8+. The lowest BCUT2D eigenvalue weighted by Crippen LogP contribution is -2.41. The molecule has 1 fully saturated rings. The Balaban J connectivity index is 1.54. The van der Waals surface area contributed by atoms with Gasteiger partial charge in [0, 0.05) is 9.50 Å². The average molecular weight is 391 g/mol. The molecule has 0 radical (unpaired) electrons. The monoisotopic (exact) mass is 389 g/mol.